The molecule has 150 valence electrons. The molecule has 1 aromatic heterocycles. The molecule has 2 aromatic carbocycles. The van der Waals surface area contributed by atoms with Gasteiger partial charge in [0, 0.05) is 49.0 Å². The van der Waals surface area contributed by atoms with E-state index >= 15 is 0 Å². The Bertz CT molecular complexity index is 1020. The highest BCUT2D eigenvalue weighted by atomic mass is 16.5. The fraction of sp³-hybridized carbons (Fsp3) is 0.360. The van der Waals surface area contributed by atoms with Crippen LogP contribution in [0.1, 0.15) is 32.3 Å². The van der Waals surface area contributed by atoms with Crippen molar-refractivity contribution in [2.24, 2.45) is 5.92 Å². The highest BCUT2D eigenvalue weighted by Crippen LogP contribution is 2.29. The number of aromatic nitrogens is 1. The summed E-state index contributed by atoms with van der Waals surface area (Å²) < 4.78 is 6.23. The van der Waals surface area contributed by atoms with E-state index in [1.165, 1.54) is 11.1 Å². The van der Waals surface area contributed by atoms with Gasteiger partial charge in [-0.05, 0) is 42.3 Å². The number of para-hydroxylation sites is 1. The summed E-state index contributed by atoms with van der Waals surface area (Å²) in [5, 5.41) is 1.15. The van der Waals surface area contributed by atoms with Crippen LogP contribution in [0.2, 0.25) is 0 Å². The number of carbonyl (C=O) groups excluding carboxylic acids is 1. The molecule has 1 saturated heterocycles. The van der Waals surface area contributed by atoms with Gasteiger partial charge in [0.2, 0.25) is 5.91 Å². The molecule has 0 saturated carbocycles. The zero-order valence-electron chi connectivity index (χ0n) is 17.4. The van der Waals surface area contributed by atoms with E-state index in [1.54, 1.807) is 0 Å². The number of carbonyl (C=O) groups is 1. The molecule has 3 aromatic rings. The number of hydrogen-bond donors (Lipinski definition) is 0. The van der Waals surface area contributed by atoms with Gasteiger partial charge in [-0.15, -0.1) is 0 Å². The number of fused-ring (bicyclic) bond motifs is 1. The highest BCUT2D eigenvalue weighted by Gasteiger charge is 2.25. The Morgan fingerprint density at radius 3 is 2.59 bits per heavy atom. The van der Waals surface area contributed by atoms with Gasteiger partial charge in [0.15, 0.2) is 0 Å². The lowest BCUT2D eigenvalue weighted by Gasteiger charge is -2.33. The van der Waals surface area contributed by atoms with Crippen molar-refractivity contribution >= 4 is 16.8 Å². The van der Waals surface area contributed by atoms with Gasteiger partial charge in [-0.3, -0.25) is 9.78 Å². The van der Waals surface area contributed by atoms with Gasteiger partial charge in [0.1, 0.15) is 11.9 Å². The summed E-state index contributed by atoms with van der Waals surface area (Å²) in [4.78, 5) is 18.7. The number of hydrogen-bond acceptors (Lipinski definition) is 3. The van der Waals surface area contributed by atoms with Crippen LogP contribution in [0.4, 0.5) is 0 Å². The molecule has 1 amide bonds. The van der Waals surface area contributed by atoms with Crippen LogP contribution in [-0.2, 0) is 4.79 Å². The van der Waals surface area contributed by atoms with Gasteiger partial charge in [0.05, 0.1) is 5.52 Å². The van der Waals surface area contributed by atoms with Crippen molar-refractivity contribution in [2.75, 3.05) is 13.1 Å². The minimum atomic E-state index is 0.0623. The van der Waals surface area contributed by atoms with E-state index in [0.717, 1.165) is 48.1 Å². The Morgan fingerprint density at radius 1 is 1.10 bits per heavy atom. The summed E-state index contributed by atoms with van der Waals surface area (Å²) in [5.41, 5.74) is 4.48. The molecule has 0 aliphatic carbocycles. The summed E-state index contributed by atoms with van der Waals surface area (Å²) in [6, 6.07) is 16.6. The predicted octanol–water partition coefficient (Wildman–Crippen LogP) is 5.24. The first-order valence-electron chi connectivity index (χ1n) is 10.4. The van der Waals surface area contributed by atoms with Crippen LogP contribution in [0, 0.1) is 12.8 Å². The quantitative estimate of drug-likeness (QED) is 0.614. The SMILES string of the molecule is Cc1cc(OC2CCN(C(=O)C(C)C)CC2)ccc1-c1cnc2ccccc2c1. The Kier molecular flexibility index (Phi) is 5.52. The third-order valence-corrected chi connectivity index (χ3v) is 5.65. The van der Waals surface area contributed by atoms with Crippen LogP contribution in [0.15, 0.2) is 54.7 Å². The zero-order chi connectivity index (χ0) is 20.4. The van der Waals surface area contributed by atoms with Crippen molar-refractivity contribution in [3.05, 3.63) is 60.3 Å². The Balaban J connectivity index is 1.44. The van der Waals surface area contributed by atoms with Crippen molar-refractivity contribution in [2.45, 2.75) is 39.7 Å². The first-order valence-corrected chi connectivity index (χ1v) is 10.4. The number of piperidine rings is 1. The number of pyridine rings is 1. The molecule has 0 N–H and O–H groups in total. The Labute approximate surface area is 172 Å². The second kappa shape index (κ2) is 8.24. The van der Waals surface area contributed by atoms with Gasteiger partial charge in [-0.25, -0.2) is 0 Å². The summed E-state index contributed by atoms with van der Waals surface area (Å²) in [5.74, 6) is 1.20. The van der Waals surface area contributed by atoms with E-state index in [-0.39, 0.29) is 17.9 Å². The van der Waals surface area contributed by atoms with Crippen LogP contribution in [0.5, 0.6) is 5.75 Å². The summed E-state index contributed by atoms with van der Waals surface area (Å²) in [7, 11) is 0. The fourth-order valence-electron chi connectivity index (χ4n) is 4.00. The lowest BCUT2D eigenvalue weighted by Crippen LogP contribution is -2.43. The van der Waals surface area contributed by atoms with Gasteiger partial charge in [-0.2, -0.15) is 0 Å². The second-order valence-corrected chi connectivity index (χ2v) is 8.19. The molecule has 0 bridgehead atoms. The smallest absolute Gasteiger partial charge is 0.225 e. The normalized spacial score (nSPS) is 15.1. The number of likely N-dealkylation sites (tertiary alicyclic amines) is 1. The molecule has 1 aliphatic rings. The number of benzene rings is 2. The van der Waals surface area contributed by atoms with E-state index in [1.807, 2.05) is 49.2 Å². The van der Waals surface area contributed by atoms with Gasteiger partial charge in [-0.1, -0.05) is 38.1 Å². The summed E-state index contributed by atoms with van der Waals surface area (Å²) in [6.07, 6.45) is 3.87. The third kappa shape index (κ3) is 4.26. The molecule has 2 heterocycles. The molecule has 0 atom stereocenters. The molecular weight excluding hydrogens is 360 g/mol. The lowest BCUT2D eigenvalue weighted by atomic mass is 10.00. The number of amides is 1. The average Bonchev–Trinajstić information content (AvgIpc) is 2.73. The highest BCUT2D eigenvalue weighted by molar-refractivity contribution is 5.84. The lowest BCUT2D eigenvalue weighted by molar-refractivity contribution is -0.136. The molecule has 4 heteroatoms. The van der Waals surface area contributed by atoms with Crippen LogP contribution in [0.3, 0.4) is 0 Å². The molecule has 1 aliphatic heterocycles. The van der Waals surface area contributed by atoms with Crippen LogP contribution in [-0.4, -0.2) is 35.0 Å². The molecule has 4 rings (SSSR count). The maximum atomic E-state index is 12.1. The van der Waals surface area contributed by atoms with E-state index < -0.39 is 0 Å². The molecular formula is C25H28N2O2. The van der Waals surface area contributed by atoms with Gasteiger partial charge in [0.25, 0.3) is 0 Å². The monoisotopic (exact) mass is 388 g/mol. The number of rotatable bonds is 4. The van der Waals surface area contributed by atoms with Crippen molar-refractivity contribution in [3.63, 3.8) is 0 Å². The Hall–Kier alpha value is -2.88. The molecule has 0 unspecified atom stereocenters. The standard InChI is InChI=1S/C25H28N2O2/c1-17(2)25(28)27-12-10-21(11-13-27)29-22-8-9-23(18(3)14-22)20-15-19-6-4-5-7-24(19)26-16-20/h4-9,14-17,21H,10-13H2,1-3H3. The largest absolute Gasteiger partial charge is 0.490 e. The first-order chi connectivity index (χ1) is 14.0. The topological polar surface area (TPSA) is 42.4 Å². The third-order valence-electron chi connectivity index (χ3n) is 5.65. The number of nitrogens with zero attached hydrogens (tertiary/aromatic N) is 2. The van der Waals surface area contributed by atoms with Crippen LogP contribution >= 0.6 is 0 Å². The summed E-state index contributed by atoms with van der Waals surface area (Å²) >= 11 is 0. The fourth-order valence-corrected chi connectivity index (χ4v) is 4.00. The second-order valence-electron chi connectivity index (χ2n) is 8.19. The predicted molar refractivity (Wildman–Crippen MR) is 117 cm³/mol. The van der Waals surface area contributed by atoms with Crippen molar-refractivity contribution < 1.29 is 9.53 Å². The van der Waals surface area contributed by atoms with Crippen molar-refractivity contribution in [1.29, 1.82) is 0 Å². The number of ether oxygens (including phenoxy) is 1. The van der Waals surface area contributed by atoms with E-state index in [2.05, 4.69) is 36.2 Å². The minimum absolute atomic E-state index is 0.0623. The maximum absolute atomic E-state index is 12.1. The average molecular weight is 389 g/mol. The molecule has 1 fully saturated rings. The first kappa shape index (κ1) is 19.4. The van der Waals surface area contributed by atoms with Crippen molar-refractivity contribution in [1.82, 2.24) is 9.88 Å². The van der Waals surface area contributed by atoms with Crippen LogP contribution < -0.4 is 4.74 Å². The molecule has 0 radical (unpaired) electrons. The minimum Gasteiger partial charge on any atom is -0.490 e. The van der Waals surface area contributed by atoms with Gasteiger partial charge < -0.3 is 9.64 Å². The van der Waals surface area contributed by atoms with Crippen molar-refractivity contribution in [3.8, 4) is 16.9 Å². The number of aryl methyl sites for hydroxylation is 1. The summed E-state index contributed by atoms with van der Waals surface area (Å²) in [6.45, 7) is 7.59. The molecule has 4 nitrogen and oxygen atoms in total. The van der Waals surface area contributed by atoms with E-state index in [4.69, 9.17) is 4.74 Å². The van der Waals surface area contributed by atoms with Crippen LogP contribution in [0.25, 0.3) is 22.0 Å². The maximum Gasteiger partial charge on any atom is 0.225 e. The molecule has 29 heavy (non-hydrogen) atoms. The zero-order valence-corrected chi connectivity index (χ0v) is 17.4. The van der Waals surface area contributed by atoms with E-state index in [0.29, 0.717) is 0 Å². The van der Waals surface area contributed by atoms with E-state index in [9.17, 15) is 4.79 Å². The van der Waals surface area contributed by atoms with Gasteiger partial charge >= 0.3 is 0 Å². The molecule has 0 spiro atoms. The Morgan fingerprint density at radius 2 is 1.86 bits per heavy atom.